The van der Waals surface area contributed by atoms with Gasteiger partial charge in [0.25, 0.3) is 5.91 Å². The molecule has 0 bridgehead atoms. The van der Waals surface area contributed by atoms with Crippen LogP contribution in [0.4, 0.5) is 0 Å². The minimum Gasteiger partial charge on any atom is -0.483 e. The Morgan fingerprint density at radius 3 is 2.68 bits per heavy atom. The summed E-state index contributed by atoms with van der Waals surface area (Å²) in [7, 11) is 0. The molecule has 1 amide bonds. The summed E-state index contributed by atoms with van der Waals surface area (Å²) in [5, 5.41) is 11.6. The molecule has 1 rings (SSSR count). The van der Waals surface area contributed by atoms with Gasteiger partial charge in [-0.15, -0.1) is 0 Å². The van der Waals surface area contributed by atoms with Gasteiger partial charge in [0.1, 0.15) is 5.75 Å². The molecule has 104 valence electrons. The van der Waals surface area contributed by atoms with Crippen LogP contribution in [0.2, 0.25) is 0 Å². The minimum atomic E-state index is -0.930. The molecule has 2 N–H and O–H groups in total. The van der Waals surface area contributed by atoms with E-state index in [2.05, 4.69) is 5.32 Å². The van der Waals surface area contributed by atoms with Gasteiger partial charge in [0, 0.05) is 11.6 Å². The van der Waals surface area contributed by atoms with E-state index in [0.717, 1.165) is 6.42 Å². The molecule has 0 saturated heterocycles. The zero-order chi connectivity index (χ0) is 14.3. The molecule has 0 aromatic heterocycles. The maximum absolute atomic E-state index is 11.6. The lowest BCUT2D eigenvalue weighted by atomic mass is 10.1. The number of carboxylic acids is 1. The van der Waals surface area contributed by atoms with Crippen molar-refractivity contribution in [3.63, 3.8) is 0 Å². The maximum Gasteiger partial charge on any atom is 0.307 e. The van der Waals surface area contributed by atoms with E-state index in [0.29, 0.717) is 11.3 Å². The molecular weight excluding hydrogens is 246 g/mol. The van der Waals surface area contributed by atoms with E-state index in [-0.39, 0.29) is 25.0 Å². The molecule has 1 aromatic carbocycles. The first-order valence-corrected chi connectivity index (χ1v) is 6.24. The molecule has 5 heteroatoms. The Balaban J connectivity index is 2.57. The van der Waals surface area contributed by atoms with Gasteiger partial charge in [-0.05, 0) is 19.4 Å². The number of benzene rings is 1. The number of carbonyl (C=O) groups is 2. The molecular formula is C14H19NO4. The van der Waals surface area contributed by atoms with E-state index < -0.39 is 5.97 Å². The fourth-order valence-electron chi connectivity index (χ4n) is 1.52. The highest BCUT2D eigenvalue weighted by molar-refractivity contribution is 5.78. The summed E-state index contributed by atoms with van der Waals surface area (Å²) < 4.78 is 5.37. The number of carbonyl (C=O) groups excluding carboxylic acids is 1. The Morgan fingerprint density at radius 2 is 2.05 bits per heavy atom. The second-order valence-electron chi connectivity index (χ2n) is 4.34. The average molecular weight is 265 g/mol. The first-order chi connectivity index (χ1) is 9.02. The van der Waals surface area contributed by atoms with Gasteiger partial charge in [-0.1, -0.05) is 25.1 Å². The fourth-order valence-corrected chi connectivity index (χ4v) is 1.52. The Kier molecular flexibility index (Phi) is 5.85. The van der Waals surface area contributed by atoms with Gasteiger partial charge in [0.15, 0.2) is 6.61 Å². The van der Waals surface area contributed by atoms with E-state index in [1.54, 1.807) is 24.3 Å². The van der Waals surface area contributed by atoms with Crippen LogP contribution in [-0.4, -0.2) is 29.6 Å². The predicted octanol–water partition coefficient (Wildman–Crippen LogP) is 1.61. The quantitative estimate of drug-likeness (QED) is 0.785. The molecule has 0 heterocycles. The zero-order valence-electron chi connectivity index (χ0n) is 11.2. The second-order valence-corrected chi connectivity index (χ2v) is 4.34. The SMILES string of the molecule is CCC(C)NC(=O)COc1ccccc1CC(=O)O. The van der Waals surface area contributed by atoms with Crippen molar-refractivity contribution in [3.05, 3.63) is 29.8 Å². The van der Waals surface area contributed by atoms with Crippen LogP contribution in [0, 0.1) is 0 Å². The van der Waals surface area contributed by atoms with Gasteiger partial charge < -0.3 is 15.2 Å². The third kappa shape index (κ3) is 5.42. The summed E-state index contributed by atoms with van der Waals surface area (Å²) in [6.07, 6.45) is 0.727. The number of hydrogen-bond acceptors (Lipinski definition) is 3. The summed E-state index contributed by atoms with van der Waals surface area (Å²) in [4.78, 5) is 22.3. The number of para-hydroxylation sites is 1. The monoisotopic (exact) mass is 265 g/mol. The Morgan fingerprint density at radius 1 is 1.37 bits per heavy atom. The van der Waals surface area contributed by atoms with Crippen molar-refractivity contribution in [1.29, 1.82) is 0 Å². The van der Waals surface area contributed by atoms with Crippen LogP contribution < -0.4 is 10.1 Å². The largest absolute Gasteiger partial charge is 0.483 e. The number of amides is 1. The summed E-state index contributed by atoms with van der Waals surface area (Å²) in [6, 6.07) is 6.92. The summed E-state index contributed by atoms with van der Waals surface area (Å²) in [5.74, 6) is -0.705. The van der Waals surface area contributed by atoms with Crippen LogP contribution in [0.3, 0.4) is 0 Å². The number of ether oxygens (including phenoxy) is 1. The van der Waals surface area contributed by atoms with Crippen molar-refractivity contribution in [3.8, 4) is 5.75 Å². The molecule has 0 fully saturated rings. The Labute approximate surface area is 112 Å². The average Bonchev–Trinajstić information content (AvgIpc) is 2.37. The van der Waals surface area contributed by atoms with E-state index >= 15 is 0 Å². The van der Waals surface area contributed by atoms with Crippen LogP contribution in [0.15, 0.2) is 24.3 Å². The van der Waals surface area contributed by atoms with E-state index in [1.807, 2.05) is 13.8 Å². The van der Waals surface area contributed by atoms with Gasteiger partial charge in [-0.3, -0.25) is 9.59 Å². The van der Waals surface area contributed by atoms with Gasteiger partial charge in [-0.25, -0.2) is 0 Å². The molecule has 0 spiro atoms. The van der Waals surface area contributed by atoms with Crippen LogP contribution in [0.5, 0.6) is 5.75 Å². The van der Waals surface area contributed by atoms with Crippen molar-refractivity contribution < 1.29 is 19.4 Å². The topological polar surface area (TPSA) is 75.6 Å². The Hall–Kier alpha value is -2.04. The molecule has 1 atom stereocenters. The highest BCUT2D eigenvalue weighted by Crippen LogP contribution is 2.18. The van der Waals surface area contributed by atoms with Crippen molar-refractivity contribution in [2.75, 3.05) is 6.61 Å². The van der Waals surface area contributed by atoms with Crippen LogP contribution in [0.1, 0.15) is 25.8 Å². The second kappa shape index (κ2) is 7.41. The third-order valence-electron chi connectivity index (χ3n) is 2.69. The van der Waals surface area contributed by atoms with Crippen LogP contribution >= 0.6 is 0 Å². The van der Waals surface area contributed by atoms with E-state index in [1.165, 1.54) is 0 Å². The molecule has 0 aliphatic carbocycles. The first kappa shape index (κ1) is 15.0. The first-order valence-electron chi connectivity index (χ1n) is 6.24. The molecule has 1 unspecified atom stereocenters. The molecule has 0 aliphatic rings. The maximum atomic E-state index is 11.6. The molecule has 5 nitrogen and oxygen atoms in total. The highest BCUT2D eigenvalue weighted by atomic mass is 16.5. The van der Waals surface area contributed by atoms with Gasteiger partial charge in [0.2, 0.25) is 0 Å². The van der Waals surface area contributed by atoms with Crippen LogP contribution in [0.25, 0.3) is 0 Å². The van der Waals surface area contributed by atoms with Gasteiger partial charge in [-0.2, -0.15) is 0 Å². The number of aliphatic carboxylic acids is 1. The van der Waals surface area contributed by atoms with E-state index in [9.17, 15) is 9.59 Å². The Bertz CT molecular complexity index is 445. The van der Waals surface area contributed by atoms with Gasteiger partial charge in [0.05, 0.1) is 6.42 Å². The third-order valence-corrected chi connectivity index (χ3v) is 2.69. The lowest BCUT2D eigenvalue weighted by Gasteiger charge is -2.13. The number of rotatable bonds is 7. The lowest BCUT2D eigenvalue weighted by Crippen LogP contribution is -2.35. The summed E-state index contributed by atoms with van der Waals surface area (Å²) in [5.41, 5.74) is 0.561. The van der Waals surface area contributed by atoms with Crippen molar-refractivity contribution >= 4 is 11.9 Å². The number of nitrogens with one attached hydrogen (secondary N) is 1. The standard InChI is InChI=1S/C14H19NO4/c1-3-10(2)15-13(16)9-19-12-7-5-4-6-11(12)8-14(17)18/h4-7,10H,3,8-9H2,1-2H3,(H,15,16)(H,17,18). The smallest absolute Gasteiger partial charge is 0.307 e. The summed E-state index contributed by atoms with van der Waals surface area (Å²) >= 11 is 0. The van der Waals surface area contributed by atoms with Gasteiger partial charge >= 0.3 is 5.97 Å². The molecule has 0 saturated carbocycles. The highest BCUT2D eigenvalue weighted by Gasteiger charge is 2.10. The lowest BCUT2D eigenvalue weighted by molar-refractivity contribution is -0.136. The zero-order valence-corrected chi connectivity index (χ0v) is 11.2. The van der Waals surface area contributed by atoms with Crippen molar-refractivity contribution in [1.82, 2.24) is 5.32 Å². The summed E-state index contributed by atoms with van der Waals surface area (Å²) in [6.45, 7) is 3.78. The molecule has 0 radical (unpaired) electrons. The molecule has 0 aliphatic heterocycles. The van der Waals surface area contributed by atoms with Crippen molar-refractivity contribution in [2.45, 2.75) is 32.7 Å². The predicted molar refractivity (Wildman–Crippen MR) is 71.2 cm³/mol. The number of hydrogen-bond donors (Lipinski definition) is 2. The van der Waals surface area contributed by atoms with Crippen LogP contribution in [-0.2, 0) is 16.0 Å². The molecule has 1 aromatic rings. The molecule has 19 heavy (non-hydrogen) atoms. The number of carboxylic acid groups (broad SMARTS) is 1. The fraction of sp³-hybridized carbons (Fsp3) is 0.429. The van der Waals surface area contributed by atoms with E-state index in [4.69, 9.17) is 9.84 Å². The normalized spacial score (nSPS) is 11.7. The minimum absolute atomic E-state index is 0.102. The van der Waals surface area contributed by atoms with Crippen molar-refractivity contribution in [2.24, 2.45) is 0 Å².